The van der Waals surface area contributed by atoms with Gasteiger partial charge < -0.3 is 9.84 Å². The van der Waals surface area contributed by atoms with Gasteiger partial charge in [0.1, 0.15) is 16.4 Å². The molecule has 2 unspecified atom stereocenters. The number of ketones is 1. The molecule has 0 radical (unpaired) electrons. The number of carbonyl (C=O) groups excluding carboxylic acids is 1. The van der Waals surface area contributed by atoms with Crippen LogP contribution in [0, 0.1) is 5.92 Å². The van der Waals surface area contributed by atoms with E-state index in [0.29, 0.717) is 19.3 Å². The first-order chi connectivity index (χ1) is 10.4. The Morgan fingerprint density at radius 1 is 1.36 bits per heavy atom. The standard InChI is InChI=1S/C15H18O6S/c1-21-12-7-2-3-8-13(12)22(19,20)14(15(17)18)10-5-4-6-11(16)9-10/h2-3,7-8,10,14H,4-6,9H2,1H3,(H,17,18). The highest BCUT2D eigenvalue weighted by Crippen LogP contribution is 2.34. The van der Waals surface area contributed by atoms with Crippen LogP contribution in [0.15, 0.2) is 29.2 Å². The maximum atomic E-state index is 12.8. The van der Waals surface area contributed by atoms with Crippen molar-refractivity contribution in [1.82, 2.24) is 0 Å². The van der Waals surface area contributed by atoms with E-state index in [2.05, 4.69) is 0 Å². The number of hydrogen-bond acceptors (Lipinski definition) is 5. The minimum absolute atomic E-state index is 0.00859. The van der Waals surface area contributed by atoms with Crippen LogP contribution in [-0.2, 0) is 19.4 Å². The van der Waals surface area contributed by atoms with Crippen molar-refractivity contribution in [3.63, 3.8) is 0 Å². The van der Waals surface area contributed by atoms with E-state index in [1.54, 1.807) is 6.07 Å². The Kier molecular flexibility index (Phi) is 4.85. The predicted octanol–water partition coefficient (Wildman–Crippen LogP) is 1.68. The minimum atomic E-state index is -4.14. The molecule has 6 nitrogen and oxygen atoms in total. The molecule has 1 aliphatic rings. The van der Waals surface area contributed by atoms with Crippen LogP contribution in [-0.4, -0.2) is 37.6 Å². The van der Waals surface area contributed by atoms with E-state index in [4.69, 9.17) is 4.74 Å². The summed E-state index contributed by atoms with van der Waals surface area (Å²) < 4.78 is 30.6. The van der Waals surface area contributed by atoms with Crippen LogP contribution >= 0.6 is 0 Å². The molecule has 1 aromatic carbocycles. The summed E-state index contributed by atoms with van der Waals surface area (Å²) >= 11 is 0. The number of Topliss-reactive ketones (excluding diaryl/α,β-unsaturated/α-hetero) is 1. The van der Waals surface area contributed by atoms with Crippen LogP contribution in [0.25, 0.3) is 0 Å². The number of ether oxygens (including phenoxy) is 1. The van der Waals surface area contributed by atoms with Crippen LogP contribution < -0.4 is 4.74 Å². The van der Waals surface area contributed by atoms with Gasteiger partial charge in [0.15, 0.2) is 15.1 Å². The molecule has 7 heteroatoms. The fourth-order valence-corrected chi connectivity index (χ4v) is 4.87. The normalized spacial score (nSPS) is 20.4. The topological polar surface area (TPSA) is 97.7 Å². The van der Waals surface area contributed by atoms with E-state index in [9.17, 15) is 23.1 Å². The first-order valence-corrected chi connectivity index (χ1v) is 8.54. The molecular weight excluding hydrogens is 308 g/mol. The first kappa shape index (κ1) is 16.5. The van der Waals surface area contributed by atoms with Crippen LogP contribution in [0.3, 0.4) is 0 Å². The van der Waals surface area contributed by atoms with Crippen LogP contribution in [0.4, 0.5) is 0 Å². The first-order valence-electron chi connectivity index (χ1n) is 6.99. The average Bonchev–Trinajstić information content (AvgIpc) is 2.46. The largest absolute Gasteiger partial charge is 0.495 e. The van der Waals surface area contributed by atoms with Crippen LogP contribution in [0.5, 0.6) is 5.75 Å². The number of benzene rings is 1. The second-order valence-electron chi connectivity index (χ2n) is 5.35. The summed E-state index contributed by atoms with van der Waals surface area (Å²) in [6.07, 6.45) is 1.31. The van der Waals surface area contributed by atoms with Crippen LogP contribution in [0.2, 0.25) is 0 Å². The molecule has 120 valence electrons. The van der Waals surface area contributed by atoms with Crippen molar-refractivity contribution in [3.8, 4) is 5.75 Å². The number of sulfone groups is 1. The fourth-order valence-electron chi connectivity index (χ4n) is 2.89. The summed E-state index contributed by atoms with van der Waals surface area (Å²) in [5, 5.41) is 7.81. The SMILES string of the molecule is COc1ccccc1S(=O)(=O)C(C(=O)O)C1CCCC(=O)C1. The molecule has 0 aliphatic heterocycles. The molecule has 2 atom stereocenters. The van der Waals surface area contributed by atoms with Gasteiger partial charge in [0.25, 0.3) is 0 Å². The number of carbonyl (C=O) groups is 2. The predicted molar refractivity (Wildman–Crippen MR) is 78.6 cm³/mol. The van der Waals surface area contributed by atoms with Crippen molar-refractivity contribution in [2.24, 2.45) is 5.92 Å². The molecule has 0 spiro atoms. The third kappa shape index (κ3) is 3.14. The Labute approximate surface area is 129 Å². The summed E-state index contributed by atoms with van der Waals surface area (Å²) in [5.74, 6) is -2.10. The maximum Gasteiger partial charge on any atom is 0.322 e. The molecule has 1 N–H and O–H groups in total. The fraction of sp³-hybridized carbons (Fsp3) is 0.467. The Morgan fingerprint density at radius 3 is 2.64 bits per heavy atom. The van der Waals surface area contributed by atoms with Gasteiger partial charge in [0.05, 0.1) is 7.11 Å². The molecule has 0 amide bonds. The van der Waals surface area contributed by atoms with Gasteiger partial charge in [0.2, 0.25) is 0 Å². The molecule has 0 heterocycles. The van der Waals surface area contributed by atoms with Crippen molar-refractivity contribution in [2.45, 2.75) is 35.8 Å². The highest BCUT2D eigenvalue weighted by atomic mass is 32.2. The molecule has 1 aliphatic carbocycles. The van der Waals surface area contributed by atoms with Crippen molar-refractivity contribution < 1.29 is 27.9 Å². The number of aliphatic carboxylic acids is 1. The molecule has 22 heavy (non-hydrogen) atoms. The van der Waals surface area contributed by atoms with E-state index in [1.807, 2.05) is 0 Å². The lowest BCUT2D eigenvalue weighted by atomic mass is 9.86. The van der Waals surface area contributed by atoms with Gasteiger partial charge >= 0.3 is 5.97 Å². The quantitative estimate of drug-likeness (QED) is 0.884. The second kappa shape index (κ2) is 6.48. The Bertz CT molecular complexity index is 679. The van der Waals surface area contributed by atoms with Gasteiger partial charge in [0, 0.05) is 12.8 Å². The van der Waals surface area contributed by atoms with Gasteiger partial charge in [-0.3, -0.25) is 9.59 Å². The van der Waals surface area contributed by atoms with Crippen molar-refractivity contribution in [2.75, 3.05) is 7.11 Å². The molecule has 0 saturated heterocycles. The van der Waals surface area contributed by atoms with E-state index < -0.39 is 27.0 Å². The average molecular weight is 326 g/mol. The lowest BCUT2D eigenvalue weighted by Crippen LogP contribution is -2.40. The number of methoxy groups -OCH3 is 1. The Hall–Kier alpha value is -1.89. The highest BCUT2D eigenvalue weighted by molar-refractivity contribution is 7.93. The lowest BCUT2D eigenvalue weighted by Gasteiger charge is -2.27. The summed E-state index contributed by atoms with van der Waals surface area (Å²) in [6, 6.07) is 5.92. The van der Waals surface area contributed by atoms with Crippen molar-refractivity contribution in [3.05, 3.63) is 24.3 Å². The zero-order valence-corrected chi connectivity index (χ0v) is 13.0. The van der Waals surface area contributed by atoms with Crippen molar-refractivity contribution in [1.29, 1.82) is 0 Å². The van der Waals surface area contributed by atoms with E-state index >= 15 is 0 Å². The molecule has 1 fully saturated rings. The highest BCUT2D eigenvalue weighted by Gasteiger charge is 2.43. The zero-order valence-electron chi connectivity index (χ0n) is 12.2. The summed E-state index contributed by atoms with van der Waals surface area (Å²) in [5.41, 5.74) is 0. The number of carboxylic acid groups (broad SMARTS) is 1. The summed E-state index contributed by atoms with van der Waals surface area (Å²) in [4.78, 5) is 23.0. The van der Waals surface area contributed by atoms with Gasteiger partial charge in [-0.25, -0.2) is 8.42 Å². The summed E-state index contributed by atoms with van der Waals surface area (Å²) in [6.45, 7) is 0. The number of carboxylic acids is 1. The molecule has 1 aromatic rings. The molecule has 0 bridgehead atoms. The third-order valence-electron chi connectivity index (χ3n) is 3.90. The molecular formula is C15H18O6S. The van der Waals surface area contributed by atoms with Gasteiger partial charge in [-0.15, -0.1) is 0 Å². The van der Waals surface area contributed by atoms with Gasteiger partial charge in [-0.05, 0) is 30.9 Å². The number of rotatable bonds is 5. The second-order valence-corrected chi connectivity index (χ2v) is 7.39. The van der Waals surface area contributed by atoms with Gasteiger partial charge in [-0.1, -0.05) is 12.1 Å². The van der Waals surface area contributed by atoms with Gasteiger partial charge in [-0.2, -0.15) is 0 Å². The lowest BCUT2D eigenvalue weighted by molar-refractivity contribution is -0.138. The van der Waals surface area contributed by atoms with E-state index in [-0.39, 0.29) is 22.8 Å². The Morgan fingerprint density at radius 2 is 2.05 bits per heavy atom. The third-order valence-corrected chi connectivity index (χ3v) is 6.11. The van der Waals surface area contributed by atoms with E-state index in [0.717, 1.165) is 0 Å². The maximum absolute atomic E-state index is 12.8. The number of hydrogen-bond donors (Lipinski definition) is 1. The summed E-state index contributed by atoms with van der Waals surface area (Å²) in [7, 11) is -2.82. The minimum Gasteiger partial charge on any atom is -0.495 e. The monoisotopic (exact) mass is 326 g/mol. The molecule has 2 rings (SSSR count). The Balaban J connectivity index is 2.47. The van der Waals surface area contributed by atoms with Crippen LogP contribution in [0.1, 0.15) is 25.7 Å². The smallest absolute Gasteiger partial charge is 0.322 e. The zero-order chi connectivity index (χ0) is 16.3. The van der Waals surface area contributed by atoms with E-state index in [1.165, 1.54) is 25.3 Å². The number of para-hydroxylation sites is 1. The molecule has 0 aromatic heterocycles. The van der Waals surface area contributed by atoms with Crippen molar-refractivity contribution >= 4 is 21.6 Å². The molecule has 1 saturated carbocycles.